The summed E-state index contributed by atoms with van der Waals surface area (Å²) in [5.41, 5.74) is 0. The Kier molecular flexibility index (Phi) is 34.7. The summed E-state index contributed by atoms with van der Waals surface area (Å²) in [6, 6.07) is 0. The first kappa shape index (κ1) is 41.6. The average molecular weight is 631 g/mol. The van der Waals surface area contributed by atoms with Gasteiger partial charge >= 0.3 is 0 Å². The van der Waals surface area contributed by atoms with Crippen LogP contribution in [0.15, 0.2) is 0 Å². The van der Waals surface area contributed by atoms with Gasteiger partial charge in [0.25, 0.3) is 0 Å². The number of thioether (sulfide) groups is 2. The maximum Gasteiger partial charge on any atom is 0.230 e. The highest BCUT2D eigenvalue weighted by molar-refractivity contribution is 8.00. The van der Waals surface area contributed by atoms with Gasteiger partial charge in [0, 0.05) is 13.1 Å². The molecule has 2 amide bonds. The van der Waals surface area contributed by atoms with E-state index in [9.17, 15) is 14.7 Å². The van der Waals surface area contributed by atoms with Gasteiger partial charge in [-0.1, -0.05) is 155 Å². The second kappa shape index (κ2) is 35.1. The zero-order valence-electron chi connectivity index (χ0n) is 27.9. The van der Waals surface area contributed by atoms with E-state index in [0.29, 0.717) is 11.5 Å². The van der Waals surface area contributed by atoms with Crippen LogP contribution >= 0.6 is 23.5 Å². The molecule has 0 unspecified atom stereocenters. The number of hydrogen-bond acceptors (Lipinski definition) is 5. The van der Waals surface area contributed by atoms with Crippen molar-refractivity contribution in [2.24, 2.45) is 0 Å². The molecule has 0 aliphatic heterocycles. The van der Waals surface area contributed by atoms with Crippen LogP contribution in [0, 0.1) is 0 Å². The van der Waals surface area contributed by atoms with Crippen LogP contribution in [0.25, 0.3) is 0 Å². The Morgan fingerprint density at radius 2 is 0.738 bits per heavy atom. The summed E-state index contributed by atoms with van der Waals surface area (Å²) in [4.78, 5) is 24.1. The molecule has 0 saturated carbocycles. The summed E-state index contributed by atoms with van der Waals surface area (Å²) in [6.45, 7) is 4.91. The number of amides is 2. The lowest BCUT2D eigenvalue weighted by atomic mass is 10.1. The zero-order chi connectivity index (χ0) is 30.8. The quantitative estimate of drug-likeness (QED) is 0.0617. The Morgan fingerprint density at radius 3 is 1.02 bits per heavy atom. The van der Waals surface area contributed by atoms with Crippen molar-refractivity contribution < 1.29 is 14.7 Å². The number of nitrogens with one attached hydrogen (secondary N) is 2. The van der Waals surface area contributed by atoms with Gasteiger partial charge < -0.3 is 15.7 Å². The van der Waals surface area contributed by atoms with Crippen LogP contribution < -0.4 is 10.6 Å². The third kappa shape index (κ3) is 34.1. The highest BCUT2D eigenvalue weighted by Gasteiger charge is 2.09. The summed E-state index contributed by atoms with van der Waals surface area (Å²) < 4.78 is 0. The second-order valence-electron chi connectivity index (χ2n) is 12.1. The Bertz CT molecular complexity index is 532. The lowest BCUT2D eigenvalue weighted by Crippen LogP contribution is -2.41. The van der Waals surface area contributed by atoms with Crippen molar-refractivity contribution in [3.8, 4) is 0 Å². The van der Waals surface area contributed by atoms with Gasteiger partial charge in [-0.15, -0.1) is 0 Å². The van der Waals surface area contributed by atoms with Gasteiger partial charge in [0.05, 0.1) is 17.6 Å². The van der Waals surface area contributed by atoms with Gasteiger partial charge in [0.1, 0.15) is 0 Å². The SMILES string of the molecule is CCCCCCCCCCCCCCSCC(=O)NCC(O)CNC(=O)CSCCCCCCCCCCCCCC. The van der Waals surface area contributed by atoms with Gasteiger partial charge in [-0.3, -0.25) is 9.59 Å². The smallest absolute Gasteiger partial charge is 0.230 e. The fourth-order valence-electron chi connectivity index (χ4n) is 5.06. The molecule has 0 aromatic rings. The predicted molar refractivity (Wildman–Crippen MR) is 189 cm³/mol. The second-order valence-corrected chi connectivity index (χ2v) is 14.4. The van der Waals surface area contributed by atoms with Crippen LogP contribution in [0.2, 0.25) is 0 Å². The largest absolute Gasteiger partial charge is 0.389 e. The molecule has 0 saturated heterocycles. The molecule has 42 heavy (non-hydrogen) atoms. The minimum Gasteiger partial charge on any atom is -0.389 e. The lowest BCUT2D eigenvalue weighted by molar-refractivity contribution is -0.119. The van der Waals surface area contributed by atoms with Gasteiger partial charge in [-0.2, -0.15) is 23.5 Å². The van der Waals surface area contributed by atoms with Gasteiger partial charge in [0.15, 0.2) is 0 Å². The summed E-state index contributed by atoms with van der Waals surface area (Å²) in [7, 11) is 0. The number of carbonyl (C=O) groups excluding carboxylic acids is 2. The molecule has 0 aliphatic rings. The Balaban J connectivity index is 3.38. The molecule has 0 atom stereocenters. The summed E-state index contributed by atoms with van der Waals surface area (Å²) in [5.74, 6) is 2.82. The Morgan fingerprint density at radius 1 is 0.476 bits per heavy atom. The fourth-order valence-corrected chi connectivity index (χ4v) is 6.74. The number of rotatable bonds is 34. The number of carbonyl (C=O) groups is 2. The van der Waals surface area contributed by atoms with Gasteiger partial charge in [-0.25, -0.2) is 0 Å². The molecular weight excluding hydrogens is 561 g/mol. The Hall–Kier alpha value is -0.400. The van der Waals surface area contributed by atoms with E-state index in [1.807, 2.05) is 0 Å². The van der Waals surface area contributed by atoms with E-state index in [0.717, 1.165) is 11.5 Å². The van der Waals surface area contributed by atoms with Crippen molar-refractivity contribution in [2.75, 3.05) is 36.1 Å². The first-order valence-corrected chi connectivity index (χ1v) is 20.3. The van der Waals surface area contributed by atoms with E-state index in [1.54, 1.807) is 23.5 Å². The highest BCUT2D eigenvalue weighted by Crippen LogP contribution is 2.14. The van der Waals surface area contributed by atoms with Crippen molar-refractivity contribution in [3.63, 3.8) is 0 Å². The molecule has 0 rings (SSSR count). The molecule has 0 aliphatic carbocycles. The third-order valence-electron chi connectivity index (χ3n) is 7.82. The minimum atomic E-state index is -0.749. The van der Waals surface area contributed by atoms with Crippen LogP contribution in [-0.4, -0.2) is 59.1 Å². The molecule has 7 heteroatoms. The monoisotopic (exact) mass is 630 g/mol. The van der Waals surface area contributed by atoms with Crippen LogP contribution in [0.3, 0.4) is 0 Å². The molecule has 250 valence electrons. The number of aliphatic hydroxyl groups excluding tert-OH is 1. The van der Waals surface area contributed by atoms with Crippen LogP contribution in [0.4, 0.5) is 0 Å². The molecule has 0 spiro atoms. The van der Waals surface area contributed by atoms with Crippen molar-refractivity contribution in [1.29, 1.82) is 0 Å². The number of aliphatic hydroxyl groups is 1. The molecular formula is C35H70N2O3S2. The first-order valence-electron chi connectivity index (χ1n) is 18.0. The van der Waals surface area contributed by atoms with Crippen molar-refractivity contribution in [2.45, 2.75) is 174 Å². The molecule has 3 N–H and O–H groups in total. The lowest BCUT2D eigenvalue weighted by Gasteiger charge is -2.13. The third-order valence-corrected chi connectivity index (χ3v) is 9.91. The van der Waals surface area contributed by atoms with E-state index in [-0.39, 0.29) is 24.9 Å². The number of hydrogen-bond donors (Lipinski definition) is 3. The summed E-state index contributed by atoms with van der Waals surface area (Å²) >= 11 is 3.34. The molecule has 5 nitrogen and oxygen atoms in total. The minimum absolute atomic E-state index is 0.0396. The number of unbranched alkanes of at least 4 members (excludes halogenated alkanes) is 22. The fraction of sp³-hybridized carbons (Fsp3) is 0.943. The van der Waals surface area contributed by atoms with Gasteiger partial charge in [-0.05, 0) is 24.3 Å². The maximum atomic E-state index is 12.0. The van der Waals surface area contributed by atoms with E-state index in [4.69, 9.17) is 0 Å². The maximum absolute atomic E-state index is 12.0. The van der Waals surface area contributed by atoms with Crippen LogP contribution in [0.5, 0.6) is 0 Å². The predicted octanol–water partition coefficient (Wildman–Crippen LogP) is 9.45. The highest BCUT2D eigenvalue weighted by atomic mass is 32.2. The normalized spacial score (nSPS) is 11.3. The molecule has 0 aromatic carbocycles. The van der Waals surface area contributed by atoms with E-state index < -0.39 is 6.10 Å². The van der Waals surface area contributed by atoms with Crippen LogP contribution in [-0.2, 0) is 9.59 Å². The Labute approximate surface area is 270 Å². The summed E-state index contributed by atoms with van der Waals surface area (Å²) in [6.07, 6.45) is 31.5. The molecule has 0 bridgehead atoms. The zero-order valence-corrected chi connectivity index (χ0v) is 29.5. The van der Waals surface area contributed by atoms with E-state index >= 15 is 0 Å². The average Bonchev–Trinajstić information content (AvgIpc) is 2.99. The van der Waals surface area contributed by atoms with Gasteiger partial charge in [0.2, 0.25) is 11.8 Å². The first-order chi connectivity index (χ1) is 20.6. The van der Waals surface area contributed by atoms with Crippen LogP contribution in [0.1, 0.15) is 168 Å². The topological polar surface area (TPSA) is 78.4 Å². The summed E-state index contributed by atoms with van der Waals surface area (Å²) in [5, 5.41) is 15.7. The molecule has 0 fully saturated rings. The van der Waals surface area contributed by atoms with E-state index in [1.165, 1.54) is 154 Å². The van der Waals surface area contributed by atoms with E-state index in [2.05, 4.69) is 24.5 Å². The standard InChI is InChI=1S/C35H70N2O3S2/c1-3-5-7-9-11-13-15-17-19-21-23-25-27-41-31-34(39)36-29-33(38)30-37-35(40)32-42-28-26-24-22-20-18-16-14-12-10-8-6-4-2/h33,38H,3-32H2,1-2H3,(H,36,39)(H,37,40). The molecule has 0 radical (unpaired) electrons. The van der Waals surface area contributed by atoms with Crippen molar-refractivity contribution in [3.05, 3.63) is 0 Å². The van der Waals surface area contributed by atoms with Crippen molar-refractivity contribution >= 4 is 35.3 Å². The molecule has 0 aromatic heterocycles. The van der Waals surface area contributed by atoms with Crippen molar-refractivity contribution in [1.82, 2.24) is 10.6 Å². The molecule has 0 heterocycles.